The number of rotatable bonds is 3. The topological polar surface area (TPSA) is 26.3 Å². The summed E-state index contributed by atoms with van der Waals surface area (Å²) in [6.07, 6.45) is 0. The van der Waals surface area contributed by atoms with Crippen LogP contribution in [0.25, 0.3) is 0 Å². The van der Waals surface area contributed by atoms with E-state index in [-0.39, 0.29) is 5.97 Å². The molecule has 0 spiro atoms. The van der Waals surface area contributed by atoms with E-state index in [4.69, 9.17) is 4.74 Å². The zero-order valence-corrected chi connectivity index (χ0v) is 8.06. The van der Waals surface area contributed by atoms with Gasteiger partial charge in [-0.3, -0.25) is 4.79 Å². The van der Waals surface area contributed by atoms with Crippen molar-refractivity contribution in [3.05, 3.63) is 22.4 Å². The smallest absolute Gasteiger partial charge is 0.302 e. The lowest BCUT2D eigenvalue weighted by Gasteiger charge is -2.08. The molecule has 0 amide bonds. The minimum absolute atomic E-state index is 0.210. The van der Waals surface area contributed by atoms with Gasteiger partial charge in [-0.05, 0) is 11.4 Å². The highest BCUT2D eigenvalue weighted by Crippen LogP contribution is 2.20. The van der Waals surface area contributed by atoms with E-state index in [1.165, 1.54) is 11.8 Å². The zero-order valence-electron chi connectivity index (χ0n) is 7.24. The van der Waals surface area contributed by atoms with Crippen LogP contribution in [-0.2, 0) is 9.53 Å². The van der Waals surface area contributed by atoms with Crippen molar-refractivity contribution >= 4 is 17.3 Å². The molecule has 1 aromatic heterocycles. The Balaban J connectivity index is 2.39. The van der Waals surface area contributed by atoms with E-state index in [0.29, 0.717) is 12.5 Å². The SMILES string of the molecule is CC(=O)OC[C@@H](C)c1cccs1. The maximum Gasteiger partial charge on any atom is 0.302 e. The van der Waals surface area contributed by atoms with Crippen LogP contribution in [-0.4, -0.2) is 12.6 Å². The largest absolute Gasteiger partial charge is 0.465 e. The summed E-state index contributed by atoms with van der Waals surface area (Å²) in [5.74, 6) is 0.104. The first-order valence-corrected chi connectivity index (χ1v) is 4.75. The molecule has 0 aliphatic heterocycles. The Morgan fingerprint density at radius 1 is 1.75 bits per heavy atom. The van der Waals surface area contributed by atoms with Crippen molar-refractivity contribution in [3.8, 4) is 0 Å². The summed E-state index contributed by atoms with van der Waals surface area (Å²) in [5, 5.41) is 2.03. The molecule has 0 N–H and O–H groups in total. The van der Waals surface area contributed by atoms with E-state index >= 15 is 0 Å². The van der Waals surface area contributed by atoms with Gasteiger partial charge < -0.3 is 4.74 Å². The lowest BCUT2D eigenvalue weighted by atomic mass is 10.1. The van der Waals surface area contributed by atoms with Crippen molar-refractivity contribution < 1.29 is 9.53 Å². The van der Waals surface area contributed by atoms with Gasteiger partial charge in [-0.25, -0.2) is 0 Å². The predicted octanol–water partition coefficient (Wildman–Crippen LogP) is 2.41. The number of thiophene rings is 1. The molecule has 0 radical (unpaired) electrons. The normalized spacial score (nSPS) is 12.5. The van der Waals surface area contributed by atoms with Crippen LogP contribution in [0.2, 0.25) is 0 Å². The highest BCUT2D eigenvalue weighted by molar-refractivity contribution is 7.10. The van der Waals surface area contributed by atoms with E-state index in [2.05, 4.69) is 13.0 Å². The van der Waals surface area contributed by atoms with Crippen molar-refractivity contribution in [1.82, 2.24) is 0 Å². The third-order valence-corrected chi connectivity index (χ3v) is 2.67. The molecule has 1 aromatic rings. The molecule has 0 bridgehead atoms. The first-order chi connectivity index (χ1) is 5.70. The van der Waals surface area contributed by atoms with Gasteiger partial charge in [-0.15, -0.1) is 11.3 Å². The quantitative estimate of drug-likeness (QED) is 0.674. The molecule has 0 saturated carbocycles. The van der Waals surface area contributed by atoms with E-state index < -0.39 is 0 Å². The van der Waals surface area contributed by atoms with Crippen LogP contribution in [0.15, 0.2) is 17.5 Å². The van der Waals surface area contributed by atoms with Crippen molar-refractivity contribution in [1.29, 1.82) is 0 Å². The summed E-state index contributed by atoms with van der Waals surface area (Å²) in [6.45, 7) is 3.96. The molecule has 2 nitrogen and oxygen atoms in total. The van der Waals surface area contributed by atoms with Crippen LogP contribution < -0.4 is 0 Å². The molecule has 66 valence electrons. The Morgan fingerprint density at radius 2 is 2.50 bits per heavy atom. The summed E-state index contributed by atoms with van der Waals surface area (Å²) in [4.78, 5) is 11.8. The van der Waals surface area contributed by atoms with E-state index in [1.807, 2.05) is 11.4 Å². The zero-order chi connectivity index (χ0) is 8.97. The number of ether oxygens (including phenoxy) is 1. The van der Waals surface area contributed by atoms with E-state index in [9.17, 15) is 4.79 Å². The van der Waals surface area contributed by atoms with Crippen molar-refractivity contribution in [2.24, 2.45) is 0 Å². The number of hydrogen-bond acceptors (Lipinski definition) is 3. The van der Waals surface area contributed by atoms with Gasteiger partial charge in [0.2, 0.25) is 0 Å². The van der Waals surface area contributed by atoms with Crippen molar-refractivity contribution in [2.75, 3.05) is 6.61 Å². The molecule has 3 heteroatoms. The molecule has 0 aromatic carbocycles. The Labute approximate surface area is 76.2 Å². The maximum absolute atomic E-state index is 10.5. The Bertz CT molecular complexity index is 241. The lowest BCUT2D eigenvalue weighted by molar-refractivity contribution is -0.141. The van der Waals surface area contributed by atoms with Gasteiger partial charge in [0.05, 0.1) is 6.61 Å². The molecule has 1 rings (SSSR count). The fraction of sp³-hybridized carbons (Fsp3) is 0.444. The number of carbonyl (C=O) groups is 1. The molecule has 0 fully saturated rings. The summed E-state index contributed by atoms with van der Waals surface area (Å²) < 4.78 is 4.90. The molecule has 1 atom stereocenters. The first kappa shape index (κ1) is 9.26. The lowest BCUT2D eigenvalue weighted by Crippen LogP contribution is -2.06. The second kappa shape index (κ2) is 4.26. The minimum Gasteiger partial charge on any atom is -0.465 e. The van der Waals surface area contributed by atoms with Gasteiger partial charge >= 0.3 is 5.97 Å². The van der Waals surface area contributed by atoms with Crippen LogP contribution in [0.4, 0.5) is 0 Å². The van der Waals surface area contributed by atoms with Crippen molar-refractivity contribution in [2.45, 2.75) is 19.8 Å². The van der Waals surface area contributed by atoms with Crippen LogP contribution in [0.3, 0.4) is 0 Å². The van der Waals surface area contributed by atoms with Crippen LogP contribution in [0.5, 0.6) is 0 Å². The highest BCUT2D eigenvalue weighted by Gasteiger charge is 2.07. The summed E-state index contributed by atoms with van der Waals surface area (Å²) in [7, 11) is 0. The van der Waals surface area contributed by atoms with Gasteiger partial charge in [-0.1, -0.05) is 13.0 Å². The second-order valence-corrected chi connectivity index (χ2v) is 3.70. The molecule has 0 aliphatic carbocycles. The van der Waals surface area contributed by atoms with Crippen molar-refractivity contribution in [3.63, 3.8) is 0 Å². The highest BCUT2D eigenvalue weighted by atomic mass is 32.1. The standard InChI is InChI=1S/C9H12O2S/c1-7(6-11-8(2)10)9-4-3-5-12-9/h3-5,7H,6H2,1-2H3/t7-/m1/s1. The minimum atomic E-state index is -0.210. The number of carbonyl (C=O) groups excluding carboxylic acids is 1. The average Bonchev–Trinajstić information content (AvgIpc) is 2.51. The molecule has 0 aliphatic rings. The van der Waals surface area contributed by atoms with Crippen LogP contribution in [0.1, 0.15) is 24.6 Å². The predicted molar refractivity (Wildman–Crippen MR) is 49.4 cm³/mol. The summed E-state index contributed by atoms with van der Waals surface area (Å²) >= 11 is 1.69. The van der Waals surface area contributed by atoms with Crippen LogP contribution >= 0.6 is 11.3 Å². The molecule has 1 heterocycles. The van der Waals surface area contributed by atoms with Gasteiger partial charge in [0.15, 0.2) is 0 Å². The monoisotopic (exact) mass is 184 g/mol. The molecular formula is C9H12O2S. The number of esters is 1. The van der Waals surface area contributed by atoms with Gasteiger partial charge in [-0.2, -0.15) is 0 Å². The summed E-state index contributed by atoms with van der Waals surface area (Å²) in [6, 6.07) is 4.06. The molecule has 0 saturated heterocycles. The third kappa shape index (κ3) is 2.66. The fourth-order valence-corrected chi connectivity index (χ4v) is 1.67. The van der Waals surface area contributed by atoms with E-state index in [1.54, 1.807) is 11.3 Å². The van der Waals surface area contributed by atoms with Gasteiger partial charge in [0.25, 0.3) is 0 Å². The van der Waals surface area contributed by atoms with Gasteiger partial charge in [0.1, 0.15) is 0 Å². The Morgan fingerprint density at radius 3 is 3.00 bits per heavy atom. The molecule has 0 unspecified atom stereocenters. The van der Waals surface area contributed by atoms with Gasteiger partial charge in [0, 0.05) is 17.7 Å². The molecule has 12 heavy (non-hydrogen) atoms. The fourth-order valence-electron chi connectivity index (χ4n) is 0.896. The second-order valence-electron chi connectivity index (χ2n) is 2.72. The Kier molecular flexibility index (Phi) is 3.29. The first-order valence-electron chi connectivity index (χ1n) is 3.87. The average molecular weight is 184 g/mol. The molecular weight excluding hydrogens is 172 g/mol. The number of hydrogen-bond donors (Lipinski definition) is 0. The summed E-state index contributed by atoms with van der Waals surface area (Å²) in [5.41, 5.74) is 0. The third-order valence-electron chi connectivity index (χ3n) is 1.57. The Hall–Kier alpha value is -0.830. The maximum atomic E-state index is 10.5. The van der Waals surface area contributed by atoms with E-state index in [0.717, 1.165) is 0 Å². The van der Waals surface area contributed by atoms with Crippen LogP contribution in [0, 0.1) is 0 Å².